The van der Waals surface area contributed by atoms with Gasteiger partial charge in [-0.1, -0.05) is 18.2 Å². The highest BCUT2D eigenvalue weighted by atomic mass is 127. The van der Waals surface area contributed by atoms with Crippen LogP contribution in [0.5, 0.6) is 0 Å². The number of carbonyl (C=O) groups is 1. The molecule has 0 saturated carbocycles. The highest BCUT2D eigenvalue weighted by Crippen LogP contribution is 2.25. The molecule has 0 saturated heterocycles. The van der Waals surface area contributed by atoms with Crippen molar-refractivity contribution in [3.63, 3.8) is 0 Å². The summed E-state index contributed by atoms with van der Waals surface area (Å²) in [6.45, 7) is 2.53. The molecule has 0 aliphatic rings. The Labute approximate surface area is 124 Å². The van der Waals surface area contributed by atoms with Gasteiger partial charge in [0.05, 0.1) is 0 Å². The van der Waals surface area contributed by atoms with Gasteiger partial charge in [0.15, 0.2) is 5.82 Å². The van der Waals surface area contributed by atoms with E-state index in [1.54, 1.807) is 4.68 Å². The summed E-state index contributed by atoms with van der Waals surface area (Å²) >= 11 is 2.27. The molecular weight excluding hydrogens is 359 g/mol. The molecular formula is C12H13IN4O2. The van der Waals surface area contributed by atoms with Gasteiger partial charge < -0.3 is 5.11 Å². The number of tetrazole rings is 1. The molecule has 0 atom stereocenters. The van der Waals surface area contributed by atoms with E-state index in [9.17, 15) is 4.79 Å². The number of benzene rings is 1. The van der Waals surface area contributed by atoms with Crippen molar-refractivity contribution in [1.82, 2.24) is 20.2 Å². The molecule has 0 aliphatic carbocycles. The van der Waals surface area contributed by atoms with E-state index in [-0.39, 0.29) is 6.42 Å². The number of aryl methyl sites for hydroxylation is 2. The molecule has 2 rings (SSSR count). The quantitative estimate of drug-likeness (QED) is 0.814. The molecule has 19 heavy (non-hydrogen) atoms. The molecule has 6 nitrogen and oxygen atoms in total. The maximum atomic E-state index is 10.5. The van der Waals surface area contributed by atoms with E-state index in [1.807, 2.05) is 25.1 Å². The van der Waals surface area contributed by atoms with E-state index in [0.717, 1.165) is 14.7 Å². The van der Waals surface area contributed by atoms with Crippen LogP contribution in [0.3, 0.4) is 0 Å². The van der Waals surface area contributed by atoms with Crippen LogP contribution in [0.25, 0.3) is 11.4 Å². The number of nitrogens with zero attached hydrogens (tertiary/aromatic N) is 4. The summed E-state index contributed by atoms with van der Waals surface area (Å²) in [5, 5.41) is 20.3. The van der Waals surface area contributed by atoms with Crippen LogP contribution in [0.4, 0.5) is 0 Å². The first-order valence-corrected chi connectivity index (χ1v) is 6.91. The average Bonchev–Trinajstić information content (AvgIpc) is 2.80. The number of hydrogen-bond acceptors (Lipinski definition) is 4. The minimum atomic E-state index is -0.806. The van der Waals surface area contributed by atoms with Crippen LogP contribution < -0.4 is 0 Å². The Hall–Kier alpha value is -1.51. The first-order valence-electron chi connectivity index (χ1n) is 5.83. The van der Waals surface area contributed by atoms with Gasteiger partial charge in [-0.15, -0.1) is 5.10 Å². The van der Waals surface area contributed by atoms with Crippen molar-refractivity contribution < 1.29 is 9.90 Å². The predicted octanol–water partition coefficient (Wildman–Crippen LogP) is 2.12. The van der Waals surface area contributed by atoms with Gasteiger partial charge >= 0.3 is 5.97 Å². The second-order valence-corrected chi connectivity index (χ2v) is 5.24. The Bertz CT molecular complexity index is 597. The van der Waals surface area contributed by atoms with Crippen molar-refractivity contribution >= 4 is 28.6 Å². The molecule has 0 spiro atoms. The van der Waals surface area contributed by atoms with Crippen molar-refractivity contribution in [2.45, 2.75) is 26.3 Å². The first kappa shape index (κ1) is 13.9. The summed E-state index contributed by atoms with van der Waals surface area (Å²) in [6, 6.07) is 5.96. The lowest BCUT2D eigenvalue weighted by atomic mass is 10.1. The normalized spacial score (nSPS) is 10.6. The smallest absolute Gasteiger partial charge is 0.303 e. The third kappa shape index (κ3) is 3.28. The van der Waals surface area contributed by atoms with Crippen LogP contribution >= 0.6 is 22.6 Å². The molecule has 0 amide bonds. The molecule has 0 aliphatic heterocycles. The monoisotopic (exact) mass is 372 g/mol. The standard InChI is InChI=1S/C12H13IN4O2/c1-8-4-2-5-9(11(8)13)12-14-15-16-17(12)7-3-6-10(18)19/h2,4-5H,3,6-7H2,1H3,(H,18,19). The van der Waals surface area contributed by atoms with Crippen LogP contribution in [0, 0.1) is 10.5 Å². The van der Waals surface area contributed by atoms with Crippen molar-refractivity contribution in [2.75, 3.05) is 0 Å². The molecule has 1 N–H and O–H groups in total. The number of carboxylic acid groups (broad SMARTS) is 1. The minimum Gasteiger partial charge on any atom is -0.481 e. The minimum absolute atomic E-state index is 0.115. The maximum Gasteiger partial charge on any atom is 0.303 e. The Morgan fingerprint density at radius 3 is 3.00 bits per heavy atom. The second-order valence-electron chi connectivity index (χ2n) is 4.16. The van der Waals surface area contributed by atoms with E-state index in [4.69, 9.17) is 5.11 Å². The van der Waals surface area contributed by atoms with Crippen LogP contribution in [0.2, 0.25) is 0 Å². The molecule has 0 radical (unpaired) electrons. The van der Waals surface area contributed by atoms with E-state index >= 15 is 0 Å². The molecule has 0 bridgehead atoms. The van der Waals surface area contributed by atoms with Crippen molar-refractivity contribution in [3.8, 4) is 11.4 Å². The summed E-state index contributed by atoms with van der Waals surface area (Å²) < 4.78 is 2.76. The molecule has 1 aromatic carbocycles. The largest absolute Gasteiger partial charge is 0.481 e. The lowest BCUT2D eigenvalue weighted by molar-refractivity contribution is -0.137. The van der Waals surface area contributed by atoms with E-state index in [0.29, 0.717) is 18.8 Å². The van der Waals surface area contributed by atoms with Gasteiger partial charge in [-0.3, -0.25) is 4.79 Å². The zero-order valence-corrected chi connectivity index (χ0v) is 12.5. The Kier molecular flexibility index (Phi) is 4.46. The summed E-state index contributed by atoms with van der Waals surface area (Å²) in [4.78, 5) is 10.5. The molecule has 7 heteroatoms. The molecule has 1 heterocycles. The molecule has 0 unspecified atom stereocenters. The van der Waals surface area contributed by atoms with Gasteiger partial charge in [-0.25, -0.2) is 4.68 Å². The van der Waals surface area contributed by atoms with E-state index in [1.165, 1.54) is 0 Å². The van der Waals surface area contributed by atoms with Gasteiger partial charge in [0.1, 0.15) is 0 Å². The zero-order chi connectivity index (χ0) is 13.8. The second kappa shape index (κ2) is 6.09. The summed E-state index contributed by atoms with van der Waals surface area (Å²) in [6.07, 6.45) is 0.625. The van der Waals surface area contributed by atoms with Crippen LogP contribution in [-0.2, 0) is 11.3 Å². The fraction of sp³-hybridized carbons (Fsp3) is 0.333. The first-order chi connectivity index (χ1) is 9.09. The number of aromatic nitrogens is 4. The lowest BCUT2D eigenvalue weighted by Crippen LogP contribution is -2.06. The lowest BCUT2D eigenvalue weighted by Gasteiger charge is -2.07. The third-order valence-corrected chi connectivity index (χ3v) is 4.16. The zero-order valence-electron chi connectivity index (χ0n) is 10.4. The van der Waals surface area contributed by atoms with Crippen molar-refractivity contribution in [2.24, 2.45) is 0 Å². The predicted molar refractivity (Wildman–Crippen MR) is 77.6 cm³/mol. The molecule has 0 fully saturated rings. The Morgan fingerprint density at radius 1 is 1.47 bits per heavy atom. The Balaban J connectivity index is 2.24. The summed E-state index contributed by atoms with van der Waals surface area (Å²) in [5.74, 6) is -0.127. The van der Waals surface area contributed by atoms with Gasteiger partial charge in [0, 0.05) is 22.1 Å². The van der Waals surface area contributed by atoms with Gasteiger partial charge in [-0.05, 0) is 51.9 Å². The number of hydrogen-bond donors (Lipinski definition) is 1. The summed E-state index contributed by atoms with van der Waals surface area (Å²) in [5.41, 5.74) is 2.14. The number of rotatable bonds is 5. The number of carboxylic acids is 1. The SMILES string of the molecule is Cc1cccc(-c2nnnn2CCCC(=O)O)c1I. The van der Waals surface area contributed by atoms with Crippen LogP contribution in [0.15, 0.2) is 18.2 Å². The third-order valence-electron chi connectivity index (χ3n) is 2.73. The number of halogens is 1. The van der Waals surface area contributed by atoms with Crippen LogP contribution in [0.1, 0.15) is 18.4 Å². The summed E-state index contributed by atoms with van der Waals surface area (Å²) in [7, 11) is 0. The number of aliphatic carboxylic acids is 1. The fourth-order valence-corrected chi connectivity index (χ4v) is 2.35. The van der Waals surface area contributed by atoms with Crippen molar-refractivity contribution in [3.05, 3.63) is 27.3 Å². The molecule has 100 valence electrons. The fourth-order valence-electron chi connectivity index (χ4n) is 1.75. The highest BCUT2D eigenvalue weighted by molar-refractivity contribution is 14.1. The van der Waals surface area contributed by atoms with Crippen molar-refractivity contribution in [1.29, 1.82) is 0 Å². The molecule has 2 aromatic rings. The van der Waals surface area contributed by atoms with Crippen LogP contribution in [-0.4, -0.2) is 31.3 Å². The Morgan fingerprint density at radius 2 is 2.26 bits per heavy atom. The van der Waals surface area contributed by atoms with Gasteiger partial charge in [0.2, 0.25) is 0 Å². The average molecular weight is 372 g/mol. The van der Waals surface area contributed by atoms with Gasteiger partial charge in [-0.2, -0.15) is 0 Å². The molecule has 1 aromatic heterocycles. The van der Waals surface area contributed by atoms with E-state index in [2.05, 4.69) is 38.1 Å². The maximum absolute atomic E-state index is 10.5. The topological polar surface area (TPSA) is 80.9 Å². The highest BCUT2D eigenvalue weighted by Gasteiger charge is 2.13. The van der Waals surface area contributed by atoms with Gasteiger partial charge in [0.25, 0.3) is 0 Å². The van der Waals surface area contributed by atoms with E-state index < -0.39 is 5.97 Å².